The number of ether oxygens (including phenoxy) is 3. The van der Waals surface area contributed by atoms with Crippen LogP contribution in [0, 0.1) is 23.5 Å². The largest absolute Gasteiger partial charge is 0.483 e. The number of rotatable bonds is 20. The maximum atomic E-state index is 13.8. The lowest BCUT2D eigenvalue weighted by Crippen LogP contribution is -2.45. The Labute approximate surface area is 350 Å². The first kappa shape index (κ1) is 50.3. The molecule has 3 rings (SSSR count). The zero-order valence-corrected chi connectivity index (χ0v) is 36.7. The van der Waals surface area contributed by atoms with Crippen molar-refractivity contribution in [2.24, 2.45) is 11.8 Å². The normalized spacial score (nSPS) is 15.6. The van der Waals surface area contributed by atoms with Gasteiger partial charge in [0.15, 0.2) is 23.1 Å². The second kappa shape index (κ2) is 25.6. The van der Waals surface area contributed by atoms with Crippen molar-refractivity contribution in [1.82, 2.24) is 21.3 Å². The highest BCUT2D eigenvalue weighted by atomic mass is 79.9. The van der Waals surface area contributed by atoms with Crippen LogP contribution in [0.5, 0.6) is 5.75 Å². The van der Waals surface area contributed by atoms with E-state index in [1.54, 1.807) is 20.8 Å². The maximum Gasteiger partial charge on any atom is 0.407 e. The van der Waals surface area contributed by atoms with Crippen molar-refractivity contribution in [3.05, 3.63) is 29.8 Å². The summed E-state index contributed by atoms with van der Waals surface area (Å²) in [6.45, 7) is 11.1. The SMILES string of the molecule is CC(C)(C)OC(=O)NCCCC[C@H](NC(=O)C1CCCC1)C(=O)CBr.CC(C)(C)OC(=O)NCCCC[C@H](NC(=O)C1CCCC1)C(=O)COc1cccc(F)c1F. The summed E-state index contributed by atoms with van der Waals surface area (Å²) in [6, 6.07) is 2.22. The fraction of sp³-hybridized carbons (Fsp3) is 0.714. The Kier molecular flexibility index (Phi) is 22.2. The van der Waals surface area contributed by atoms with E-state index in [2.05, 4.69) is 37.2 Å². The molecule has 2 aliphatic rings. The molecule has 0 spiro atoms. The van der Waals surface area contributed by atoms with E-state index in [4.69, 9.17) is 14.2 Å². The van der Waals surface area contributed by atoms with Crippen molar-refractivity contribution >= 4 is 51.5 Å². The number of hydrogen-bond donors (Lipinski definition) is 4. The first-order chi connectivity index (χ1) is 27.3. The van der Waals surface area contributed by atoms with Crippen LogP contribution in [0.15, 0.2) is 18.2 Å². The molecule has 4 amide bonds. The van der Waals surface area contributed by atoms with E-state index in [-0.39, 0.29) is 40.5 Å². The second-order valence-corrected chi connectivity index (χ2v) is 17.4. The molecule has 4 N–H and O–H groups in total. The lowest BCUT2D eigenvalue weighted by atomic mass is 10.0. The minimum absolute atomic E-state index is 0.00341. The molecule has 0 radical (unpaired) electrons. The average Bonchev–Trinajstić information content (AvgIpc) is 3.89. The molecule has 0 aromatic heterocycles. The van der Waals surface area contributed by atoms with Crippen LogP contribution in [0.4, 0.5) is 18.4 Å². The highest BCUT2D eigenvalue weighted by Gasteiger charge is 2.29. The molecule has 328 valence electrons. The topological polar surface area (TPSA) is 178 Å². The molecule has 0 aliphatic heterocycles. The van der Waals surface area contributed by atoms with E-state index in [0.717, 1.165) is 70.3 Å². The summed E-state index contributed by atoms with van der Waals surface area (Å²) in [6.07, 6.45) is 10.1. The standard InChI is InChI=1S/C24H34F2N2O5.C18H31BrN2O4/c1-24(2,3)33-23(31)27-14-7-6-12-18(28-22(30)16-9-4-5-10-16)19(29)15-32-20-13-8-11-17(25)21(20)26;1-18(2,3)25-17(24)20-11-7-6-10-14(15(22)12-19)21-16(23)13-8-4-5-9-13/h8,11,13,16,18H,4-7,9-10,12,14-15H2,1-3H3,(H,27,31)(H,28,30);13-14H,4-12H2,1-3H3,(H,20,24)(H,21,23)/t18-;14-/m00/s1. The minimum atomic E-state index is -1.16. The van der Waals surface area contributed by atoms with Crippen molar-refractivity contribution < 1.29 is 51.8 Å². The van der Waals surface area contributed by atoms with E-state index in [1.807, 2.05) is 20.8 Å². The summed E-state index contributed by atoms with van der Waals surface area (Å²) in [4.78, 5) is 72.8. The molecule has 1 aromatic rings. The molecule has 0 bridgehead atoms. The van der Waals surface area contributed by atoms with Crippen molar-refractivity contribution in [3.8, 4) is 5.75 Å². The third-order valence-electron chi connectivity index (χ3n) is 9.46. The maximum absolute atomic E-state index is 13.8. The van der Waals surface area contributed by atoms with Crippen molar-refractivity contribution in [3.63, 3.8) is 0 Å². The van der Waals surface area contributed by atoms with Gasteiger partial charge < -0.3 is 35.5 Å². The molecular formula is C42H65BrF2N4O9. The smallest absolute Gasteiger partial charge is 0.407 e. The average molecular weight is 888 g/mol. The monoisotopic (exact) mass is 886 g/mol. The lowest BCUT2D eigenvalue weighted by Gasteiger charge is -2.21. The molecule has 1 aromatic carbocycles. The summed E-state index contributed by atoms with van der Waals surface area (Å²) < 4.78 is 42.7. The number of halogens is 3. The van der Waals surface area contributed by atoms with E-state index in [1.165, 1.54) is 12.1 Å². The first-order valence-corrected chi connectivity index (χ1v) is 21.6. The molecule has 16 heteroatoms. The Hall–Kier alpha value is -3.82. The molecule has 0 unspecified atom stereocenters. The van der Waals surface area contributed by atoms with Gasteiger partial charge in [0.2, 0.25) is 17.6 Å². The van der Waals surface area contributed by atoms with Crippen LogP contribution < -0.4 is 26.0 Å². The third kappa shape index (κ3) is 20.7. The number of benzene rings is 1. The van der Waals surface area contributed by atoms with E-state index in [0.29, 0.717) is 38.8 Å². The number of alkyl carbamates (subject to hydrolysis) is 2. The van der Waals surface area contributed by atoms with Gasteiger partial charge in [-0.2, -0.15) is 4.39 Å². The van der Waals surface area contributed by atoms with Crippen LogP contribution in [0.3, 0.4) is 0 Å². The molecule has 58 heavy (non-hydrogen) atoms. The molecule has 13 nitrogen and oxygen atoms in total. The van der Waals surface area contributed by atoms with E-state index in [9.17, 15) is 37.5 Å². The van der Waals surface area contributed by atoms with Crippen LogP contribution in [-0.2, 0) is 28.7 Å². The van der Waals surface area contributed by atoms with Gasteiger partial charge in [0.05, 0.1) is 17.4 Å². The van der Waals surface area contributed by atoms with Crippen molar-refractivity contribution in [1.29, 1.82) is 0 Å². The van der Waals surface area contributed by atoms with Gasteiger partial charge in [-0.15, -0.1) is 0 Å². The van der Waals surface area contributed by atoms with Crippen LogP contribution in [0.2, 0.25) is 0 Å². The predicted octanol–water partition coefficient (Wildman–Crippen LogP) is 7.60. The van der Waals surface area contributed by atoms with Gasteiger partial charge >= 0.3 is 12.2 Å². The number of hydrogen-bond acceptors (Lipinski definition) is 9. The van der Waals surface area contributed by atoms with Gasteiger partial charge in [0, 0.05) is 24.9 Å². The fourth-order valence-corrected chi connectivity index (χ4v) is 6.87. The minimum Gasteiger partial charge on any atom is -0.483 e. The van der Waals surface area contributed by atoms with Gasteiger partial charge in [-0.25, -0.2) is 14.0 Å². The van der Waals surface area contributed by atoms with Crippen molar-refractivity contribution in [2.75, 3.05) is 25.0 Å². The summed E-state index contributed by atoms with van der Waals surface area (Å²) >= 11 is 3.18. The number of nitrogens with one attached hydrogen (secondary N) is 4. The fourth-order valence-electron chi connectivity index (χ4n) is 6.48. The summed E-state index contributed by atoms with van der Waals surface area (Å²) in [5.74, 6) is -3.25. The molecule has 0 saturated heterocycles. The number of alkyl halides is 1. The second-order valence-electron chi connectivity index (χ2n) is 16.8. The zero-order valence-electron chi connectivity index (χ0n) is 35.1. The van der Waals surface area contributed by atoms with Gasteiger partial charge in [-0.05, 0) is 118 Å². The van der Waals surface area contributed by atoms with Crippen LogP contribution in [-0.4, -0.2) is 83.9 Å². The summed E-state index contributed by atoms with van der Waals surface area (Å²) in [5.41, 5.74) is -1.10. The summed E-state index contributed by atoms with van der Waals surface area (Å²) in [5, 5.41) is 11.3. The quantitative estimate of drug-likeness (QED) is 0.0758. The highest BCUT2D eigenvalue weighted by molar-refractivity contribution is 9.09. The zero-order chi connectivity index (χ0) is 43.3. The predicted molar refractivity (Wildman–Crippen MR) is 220 cm³/mol. The Balaban J connectivity index is 0.000000416. The lowest BCUT2D eigenvalue weighted by molar-refractivity contribution is -0.131. The molecule has 2 atom stereocenters. The van der Waals surface area contributed by atoms with Crippen LogP contribution >= 0.6 is 15.9 Å². The first-order valence-electron chi connectivity index (χ1n) is 20.5. The number of Topliss-reactive ketones (excluding diaryl/α,β-unsaturated/α-hetero) is 2. The number of unbranched alkanes of at least 4 members (excludes halogenated alkanes) is 2. The third-order valence-corrected chi connectivity index (χ3v) is 10.0. The van der Waals surface area contributed by atoms with Gasteiger partial charge in [-0.1, -0.05) is 47.7 Å². The Bertz CT molecular complexity index is 1490. The number of amides is 4. The van der Waals surface area contributed by atoms with Crippen molar-refractivity contribution in [2.45, 2.75) is 155 Å². The number of carbonyl (C=O) groups is 6. The van der Waals surface area contributed by atoms with Gasteiger partial charge in [0.25, 0.3) is 0 Å². The number of carbonyl (C=O) groups excluding carboxylic acids is 6. The van der Waals surface area contributed by atoms with Crippen LogP contribution in [0.1, 0.15) is 131 Å². The molecule has 0 heterocycles. The molecule has 2 fully saturated rings. The summed E-state index contributed by atoms with van der Waals surface area (Å²) in [7, 11) is 0. The van der Waals surface area contributed by atoms with Gasteiger partial charge in [-0.3, -0.25) is 19.2 Å². The molecular weight excluding hydrogens is 822 g/mol. The van der Waals surface area contributed by atoms with E-state index >= 15 is 0 Å². The molecule has 2 saturated carbocycles. The Morgan fingerprint density at radius 2 is 1.12 bits per heavy atom. The molecule has 2 aliphatic carbocycles. The van der Waals surface area contributed by atoms with E-state index < -0.39 is 59.5 Å². The highest BCUT2D eigenvalue weighted by Crippen LogP contribution is 2.26. The Morgan fingerprint density at radius 3 is 1.53 bits per heavy atom. The number of ketones is 2. The Morgan fingerprint density at radius 1 is 0.690 bits per heavy atom. The van der Waals surface area contributed by atoms with Crippen LogP contribution in [0.25, 0.3) is 0 Å². The van der Waals surface area contributed by atoms with Gasteiger partial charge in [0.1, 0.15) is 17.8 Å².